The molecule has 0 saturated heterocycles. The van der Waals surface area contributed by atoms with Gasteiger partial charge in [-0.25, -0.2) is 9.56 Å². The van der Waals surface area contributed by atoms with Gasteiger partial charge in [0.05, 0.1) is 30.6 Å². The molecule has 0 aliphatic heterocycles. The largest absolute Gasteiger partial charge is 0.494 e. The third-order valence-electron chi connectivity index (χ3n) is 5.25. The van der Waals surface area contributed by atoms with Gasteiger partial charge in [0.1, 0.15) is 18.2 Å². The van der Waals surface area contributed by atoms with Gasteiger partial charge in [-0.3, -0.25) is 14.1 Å². The van der Waals surface area contributed by atoms with Gasteiger partial charge in [-0.1, -0.05) is 6.07 Å². The van der Waals surface area contributed by atoms with E-state index in [0.717, 1.165) is 10.8 Å². The second-order valence-electron chi connectivity index (χ2n) is 7.97. The van der Waals surface area contributed by atoms with Gasteiger partial charge >= 0.3 is 7.82 Å². The van der Waals surface area contributed by atoms with Gasteiger partial charge in [-0.15, -0.1) is 10.2 Å². The molecule has 1 fully saturated rings. The molecule has 1 saturated carbocycles. The Bertz CT molecular complexity index is 1560. The van der Waals surface area contributed by atoms with E-state index in [1.807, 2.05) is 5.32 Å². The van der Waals surface area contributed by atoms with Crippen molar-refractivity contribution in [2.24, 2.45) is 18.0 Å². The SMILES string of the molecule is [2H]C([2H])([2H])NC(=O)c1cn(COP(=O)(O)O)c(NC(=O)C2CC2)cc1=Nc1cccc(-c2nnn(C)n2)c1OC. The number of ether oxygens (including phenoxy) is 1. The van der Waals surface area contributed by atoms with Crippen LogP contribution in [0.5, 0.6) is 5.75 Å². The molecule has 1 aliphatic carbocycles. The molecule has 0 atom stereocenters. The van der Waals surface area contributed by atoms with E-state index in [9.17, 15) is 23.9 Å². The van der Waals surface area contributed by atoms with Gasteiger partial charge < -0.3 is 29.7 Å². The monoisotopic (exact) mass is 535 g/mol. The van der Waals surface area contributed by atoms with Crippen LogP contribution in [0.4, 0.5) is 11.5 Å². The Morgan fingerprint density at radius 2 is 2.14 bits per heavy atom. The second kappa shape index (κ2) is 10.6. The number of aryl methyl sites for hydroxylation is 1. The van der Waals surface area contributed by atoms with Gasteiger partial charge in [0.2, 0.25) is 11.7 Å². The highest BCUT2D eigenvalue weighted by atomic mass is 31.2. The molecule has 16 heteroatoms. The number of anilines is 1. The molecule has 3 aromatic rings. The number of amides is 2. The summed E-state index contributed by atoms with van der Waals surface area (Å²) < 4.78 is 44.8. The highest BCUT2D eigenvalue weighted by molar-refractivity contribution is 7.46. The van der Waals surface area contributed by atoms with Crippen LogP contribution in [0, 0.1) is 5.92 Å². The lowest BCUT2D eigenvalue weighted by Crippen LogP contribution is -2.29. The maximum atomic E-state index is 13.0. The van der Waals surface area contributed by atoms with Gasteiger partial charge in [0, 0.05) is 29.3 Å². The van der Waals surface area contributed by atoms with Crippen LogP contribution in [0.3, 0.4) is 0 Å². The molecule has 4 N–H and O–H groups in total. The first kappa shape index (κ1) is 22.3. The lowest BCUT2D eigenvalue weighted by atomic mass is 10.1. The van der Waals surface area contributed by atoms with Crippen LogP contribution in [0.1, 0.15) is 27.3 Å². The smallest absolute Gasteiger partial charge is 0.471 e. The topological polar surface area (TPSA) is 195 Å². The van der Waals surface area contributed by atoms with E-state index >= 15 is 0 Å². The number of tetrazole rings is 1. The zero-order valence-electron chi connectivity index (χ0n) is 22.7. The van der Waals surface area contributed by atoms with Crippen LogP contribution in [0.25, 0.3) is 11.4 Å². The van der Waals surface area contributed by atoms with Crippen LogP contribution in [0.15, 0.2) is 35.5 Å². The Hall–Kier alpha value is -3.91. The first-order valence-electron chi connectivity index (χ1n) is 12.3. The minimum atomic E-state index is -4.96. The molecular formula is C21H25N8O7P. The molecule has 196 valence electrons. The lowest BCUT2D eigenvalue weighted by molar-refractivity contribution is -0.117. The van der Waals surface area contributed by atoms with E-state index in [1.165, 1.54) is 18.0 Å². The van der Waals surface area contributed by atoms with E-state index in [-0.39, 0.29) is 45.8 Å². The van der Waals surface area contributed by atoms with Crippen molar-refractivity contribution in [2.75, 3.05) is 19.4 Å². The highest BCUT2D eigenvalue weighted by Gasteiger charge is 2.30. The molecule has 1 aromatic carbocycles. The summed E-state index contributed by atoms with van der Waals surface area (Å²) in [4.78, 5) is 49.8. The number of carbonyl (C=O) groups is 2. The van der Waals surface area contributed by atoms with Gasteiger partial charge in [0.25, 0.3) is 5.91 Å². The van der Waals surface area contributed by atoms with Crippen molar-refractivity contribution in [1.29, 1.82) is 0 Å². The van der Waals surface area contributed by atoms with Crippen molar-refractivity contribution < 1.29 is 37.3 Å². The lowest BCUT2D eigenvalue weighted by Gasteiger charge is -2.17. The average Bonchev–Trinajstić information content (AvgIpc) is 3.62. The molecule has 0 spiro atoms. The molecular weight excluding hydrogens is 507 g/mol. The summed E-state index contributed by atoms with van der Waals surface area (Å²) >= 11 is 0. The number of para-hydroxylation sites is 1. The predicted molar refractivity (Wildman–Crippen MR) is 128 cm³/mol. The third kappa shape index (κ3) is 6.27. The number of phosphoric ester groups is 1. The Morgan fingerprint density at radius 3 is 2.76 bits per heavy atom. The van der Waals surface area contributed by atoms with E-state index in [4.69, 9.17) is 8.85 Å². The summed E-state index contributed by atoms with van der Waals surface area (Å²) in [5.41, 5.74) is 0.313. The quantitative estimate of drug-likeness (QED) is 0.283. The summed E-state index contributed by atoms with van der Waals surface area (Å²) in [5.74, 6) is -1.25. The van der Waals surface area contributed by atoms with Crippen molar-refractivity contribution in [3.8, 4) is 17.1 Å². The Kier molecular flexibility index (Phi) is 6.39. The predicted octanol–water partition coefficient (Wildman–Crippen LogP) is 0.694. The summed E-state index contributed by atoms with van der Waals surface area (Å²) in [6.07, 6.45) is 2.40. The number of phosphoric acid groups is 1. The Balaban J connectivity index is 1.91. The molecule has 37 heavy (non-hydrogen) atoms. The summed E-state index contributed by atoms with van der Waals surface area (Å²) in [5, 5.41) is 16.4. The van der Waals surface area contributed by atoms with Crippen LogP contribution in [-0.2, 0) is 27.7 Å². The Morgan fingerprint density at radius 1 is 1.35 bits per heavy atom. The number of carbonyl (C=O) groups excluding carboxylic acids is 2. The molecule has 0 bridgehead atoms. The molecule has 2 heterocycles. The van der Waals surface area contributed by atoms with Crippen LogP contribution >= 0.6 is 7.82 Å². The fourth-order valence-corrected chi connectivity index (χ4v) is 3.64. The van der Waals surface area contributed by atoms with Crippen LogP contribution in [-0.4, -0.2) is 60.5 Å². The molecule has 1 aliphatic rings. The first-order chi connectivity index (χ1) is 18.7. The number of aromatic nitrogens is 5. The zero-order chi connectivity index (χ0) is 29.2. The van der Waals surface area contributed by atoms with Crippen LogP contribution < -0.4 is 20.7 Å². The number of hydrogen-bond acceptors (Lipinski definition) is 9. The minimum absolute atomic E-state index is 0.0137. The van der Waals surface area contributed by atoms with Crippen LogP contribution in [0.2, 0.25) is 0 Å². The molecule has 15 nitrogen and oxygen atoms in total. The van der Waals surface area contributed by atoms with Crippen molar-refractivity contribution in [2.45, 2.75) is 19.6 Å². The second-order valence-corrected chi connectivity index (χ2v) is 9.21. The Labute approximate surface area is 214 Å². The molecule has 0 radical (unpaired) electrons. The van der Waals surface area contributed by atoms with E-state index < -0.39 is 27.4 Å². The van der Waals surface area contributed by atoms with Crippen molar-refractivity contribution in [1.82, 2.24) is 30.1 Å². The van der Waals surface area contributed by atoms with Crippen molar-refractivity contribution in [3.63, 3.8) is 0 Å². The van der Waals surface area contributed by atoms with E-state index in [1.54, 1.807) is 25.2 Å². The van der Waals surface area contributed by atoms with Gasteiger partial charge in [0.15, 0.2) is 5.75 Å². The number of nitrogens with one attached hydrogen (secondary N) is 2. The fourth-order valence-electron chi connectivity index (χ4n) is 3.37. The summed E-state index contributed by atoms with van der Waals surface area (Å²) in [7, 11) is -1.99. The minimum Gasteiger partial charge on any atom is -0.494 e. The molecule has 4 rings (SSSR count). The van der Waals surface area contributed by atoms with Crippen molar-refractivity contribution >= 4 is 31.1 Å². The number of rotatable bonds is 9. The molecule has 2 amide bonds. The molecule has 0 unspecified atom stereocenters. The zero-order valence-corrected chi connectivity index (χ0v) is 20.5. The fraction of sp³-hybridized carbons (Fsp3) is 0.333. The number of methoxy groups -OCH3 is 1. The summed E-state index contributed by atoms with van der Waals surface area (Å²) in [6, 6.07) is 6.10. The number of hydrogen-bond donors (Lipinski definition) is 4. The van der Waals surface area contributed by atoms with E-state index in [2.05, 4.69) is 30.2 Å². The molecule has 2 aromatic heterocycles. The average molecular weight is 535 g/mol. The number of pyridine rings is 1. The first-order valence-corrected chi connectivity index (χ1v) is 12.3. The van der Waals surface area contributed by atoms with Crippen molar-refractivity contribution in [3.05, 3.63) is 41.4 Å². The standard InChI is InChI=1S/C21H25N8O7P/c1-22-21(31)14-10-29(11-36-37(32,33)34)17(24-20(30)12-7-8-12)9-16(14)23-15-6-4-5-13(18(15)35-3)19-25-27-28(2)26-19/h4-6,9-10,12H,7-8,11H2,1-3H3,(H,22,31)(H,24,30)(H2,32,33,34)/i1D3. The highest BCUT2D eigenvalue weighted by Crippen LogP contribution is 2.37. The summed E-state index contributed by atoms with van der Waals surface area (Å²) in [6.45, 7) is -3.65. The normalized spacial score (nSPS) is 15.5. The third-order valence-corrected chi connectivity index (χ3v) is 5.71. The maximum Gasteiger partial charge on any atom is 0.471 e. The number of benzene rings is 1. The van der Waals surface area contributed by atoms with Gasteiger partial charge in [-0.05, 0) is 30.2 Å². The maximum absolute atomic E-state index is 13.0. The number of nitrogens with zero attached hydrogens (tertiary/aromatic N) is 6. The van der Waals surface area contributed by atoms with E-state index in [0.29, 0.717) is 18.4 Å². The van der Waals surface area contributed by atoms with Gasteiger partial charge in [-0.2, -0.15) is 4.80 Å².